The average molecular weight is 364 g/mol. The fourth-order valence-corrected chi connectivity index (χ4v) is 6.22. The van der Waals surface area contributed by atoms with Gasteiger partial charge in [-0.2, -0.15) is 5.10 Å². The standard InChI is InChI=1S/C17H24N4O3S/c1-3-20-6-7-21(17-11-25(22,23)10-16(17)20)9-15-13-8-12(24-2)4-5-14(13)18-19-15/h4-5,8,16-17H,3,6-7,9-11H2,1-2H3,(H,18,19). The molecule has 0 radical (unpaired) electrons. The van der Waals surface area contributed by atoms with E-state index in [4.69, 9.17) is 4.74 Å². The van der Waals surface area contributed by atoms with Crippen LogP contribution in [0, 0.1) is 0 Å². The third-order valence-corrected chi connectivity index (χ3v) is 7.21. The highest BCUT2D eigenvalue weighted by Crippen LogP contribution is 2.29. The molecule has 2 aliphatic rings. The van der Waals surface area contributed by atoms with Crippen LogP contribution in [-0.2, 0) is 16.4 Å². The number of rotatable bonds is 4. The van der Waals surface area contributed by atoms with Gasteiger partial charge in [-0.1, -0.05) is 6.92 Å². The van der Waals surface area contributed by atoms with Gasteiger partial charge < -0.3 is 4.74 Å². The zero-order chi connectivity index (χ0) is 17.6. The number of methoxy groups -OCH3 is 1. The first-order valence-corrected chi connectivity index (χ1v) is 10.5. The number of sulfone groups is 1. The number of ether oxygens (including phenoxy) is 1. The van der Waals surface area contributed by atoms with Crippen LogP contribution < -0.4 is 4.74 Å². The topological polar surface area (TPSA) is 78.5 Å². The predicted molar refractivity (Wildman–Crippen MR) is 96.5 cm³/mol. The second-order valence-electron chi connectivity index (χ2n) is 6.90. The van der Waals surface area contributed by atoms with Crippen molar-refractivity contribution < 1.29 is 13.2 Å². The molecule has 0 aliphatic carbocycles. The van der Waals surface area contributed by atoms with Gasteiger partial charge >= 0.3 is 0 Å². The minimum absolute atomic E-state index is 0.0580. The van der Waals surface area contributed by atoms with Crippen molar-refractivity contribution >= 4 is 20.7 Å². The molecular weight excluding hydrogens is 340 g/mol. The van der Waals surface area contributed by atoms with Crippen molar-refractivity contribution in [2.75, 3.05) is 38.2 Å². The molecule has 2 saturated heterocycles. The largest absolute Gasteiger partial charge is 0.497 e. The first-order chi connectivity index (χ1) is 12.0. The number of aromatic amines is 1. The van der Waals surface area contributed by atoms with Crippen LogP contribution in [0.5, 0.6) is 5.75 Å². The van der Waals surface area contributed by atoms with E-state index in [0.29, 0.717) is 6.54 Å². The highest BCUT2D eigenvalue weighted by Gasteiger charge is 2.46. The maximum absolute atomic E-state index is 12.2. The summed E-state index contributed by atoms with van der Waals surface area (Å²) in [4.78, 5) is 4.60. The molecule has 0 amide bonds. The van der Waals surface area contributed by atoms with E-state index in [1.807, 2.05) is 18.2 Å². The van der Waals surface area contributed by atoms with Gasteiger partial charge in [-0.05, 0) is 24.7 Å². The number of hydrogen-bond acceptors (Lipinski definition) is 6. The average Bonchev–Trinajstić information content (AvgIpc) is 3.14. The third kappa shape index (κ3) is 3.02. The monoisotopic (exact) mass is 364 g/mol. The molecule has 3 heterocycles. The maximum Gasteiger partial charge on any atom is 0.153 e. The molecule has 1 N–H and O–H groups in total. The summed E-state index contributed by atoms with van der Waals surface area (Å²) in [5, 5.41) is 8.53. The fourth-order valence-electron chi connectivity index (χ4n) is 4.18. The van der Waals surface area contributed by atoms with Crippen molar-refractivity contribution in [1.82, 2.24) is 20.0 Å². The molecule has 2 aliphatic heterocycles. The minimum atomic E-state index is -2.97. The molecule has 2 fully saturated rings. The lowest BCUT2D eigenvalue weighted by molar-refractivity contribution is 0.0434. The second-order valence-corrected chi connectivity index (χ2v) is 9.05. The van der Waals surface area contributed by atoms with Crippen LogP contribution in [0.2, 0.25) is 0 Å². The summed E-state index contributed by atoms with van der Waals surface area (Å²) in [6.45, 7) is 5.45. The van der Waals surface area contributed by atoms with Gasteiger partial charge in [0.2, 0.25) is 0 Å². The molecule has 2 aromatic rings. The van der Waals surface area contributed by atoms with Crippen molar-refractivity contribution in [2.24, 2.45) is 0 Å². The Morgan fingerprint density at radius 3 is 2.68 bits per heavy atom. The molecule has 4 rings (SSSR count). The predicted octanol–water partition coefficient (Wildman–Crippen LogP) is 0.875. The van der Waals surface area contributed by atoms with E-state index in [-0.39, 0.29) is 23.6 Å². The molecule has 136 valence electrons. The van der Waals surface area contributed by atoms with Gasteiger partial charge in [-0.15, -0.1) is 0 Å². The number of piperazine rings is 1. The summed E-state index contributed by atoms with van der Waals surface area (Å²) in [5.41, 5.74) is 1.92. The molecular formula is C17H24N4O3S. The van der Waals surface area contributed by atoms with Gasteiger partial charge in [0.25, 0.3) is 0 Å². The van der Waals surface area contributed by atoms with Crippen LogP contribution in [0.25, 0.3) is 10.9 Å². The van der Waals surface area contributed by atoms with Gasteiger partial charge in [0.05, 0.1) is 29.8 Å². The smallest absolute Gasteiger partial charge is 0.153 e. The van der Waals surface area contributed by atoms with E-state index >= 15 is 0 Å². The number of benzene rings is 1. The van der Waals surface area contributed by atoms with Gasteiger partial charge in [0.1, 0.15) is 5.75 Å². The molecule has 8 heteroatoms. The number of hydrogen-bond donors (Lipinski definition) is 1. The lowest BCUT2D eigenvalue weighted by atomic mass is 10.0. The summed E-state index contributed by atoms with van der Waals surface area (Å²) in [5.74, 6) is 1.33. The zero-order valence-electron chi connectivity index (χ0n) is 14.6. The quantitative estimate of drug-likeness (QED) is 0.868. The summed E-state index contributed by atoms with van der Waals surface area (Å²) in [6, 6.07) is 5.98. The van der Waals surface area contributed by atoms with Crippen molar-refractivity contribution in [3.05, 3.63) is 23.9 Å². The van der Waals surface area contributed by atoms with Gasteiger partial charge in [0, 0.05) is 37.1 Å². The van der Waals surface area contributed by atoms with Crippen LogP contribution in [0.3, 0.4) is 0 Å². The van der Waals surface area contributed by atoms with Gasteiger partial charge in [-0.25, -0.2) is 8.42 Å². The zero-order valence-corrected chi connectivity index (χ0v) is 15.4. The van der Waals surface area contributed by atoms with Crippen molar-refractivity contribution in [3.63, 3.8) is 0 Å². The van der Waals surface area contributed by atoms with E-state index in [0.717, 1.165) is 42.0 Å². The molecule has 2 atom stereocenters. The highest BCUT2D eigenvalue weighted by molar-refractivity contribution is 7.91. The molecule has 25 heavy (non-hydrogen) atoms. The van der Waals surface area contributed by atoms with E-state index in [9.17, 15) is 8.42 Å². The summed E-state index contributed by atoms with van der Waals surface area (Å²) in [7, 11) is -1.31. The summed E-state index contributed by atoms with van der Waals surface area (Å²) in [6.07, 6.45) is 0. The fraction of sp³-hybridized carbons (Fsp3) is 0.588. The van der Waals surface area contributed by atoms with Gasteiger partial charge in [0.15, 0.2) is 9.84 Å². The maximum atomic E-state index is 12.2. The van der Waals surface area contributed by atoms with Crippen molar-refractivity contribution in [1.29, 1.82) is 0 Å². The van der Waals surface area contributed by atoms with Crippen LogP contribution in [-0.4, -0.2) is 78.7 Å². The first kappa shape index (κ1) is 16.8. The van der Waals surface area contributed by atoms with Crippen LogP contribution in [0.15, 0.2) is 18.2 Å². The normalized spacial score (nSPS) is 26.8. The number of aromatic nitrogens is 2. The number of fused-ring (bicyclic) bond motifs is 2. The molecule has 0 bridgehead atoms. The number of nitrogens with one attached hydrogen (secondary N) is 1. The van der Waals surface area contributed by atoms with E-state index in [1.54, 1.807) is 7.11 Å². The van der Waals surface area contributed by atoms with E-state index in [1.165, 1.54) is 0 Å². The van der Waals surface area contributed by atoms with E-state index < -0.39 is 9.84 Å². The van der Waals surface area contributed by atoms with Crippen LogP contribution in [0.1, 0.15) is 12.6 Å². The minimum Gasteiger partial charge on any atom is -0.497 e. The first-order valence-electron chi connectivity index (χ1n) is 8.70. The SMILES string of the molecule is CCN1CCN(Cc2[nH]nc3ccc(OC)cc23)C2CS(=O)(=O)CC21. The second kappa shape index (κ2) is 6.26. The van der Waals surface area contributed by atoms with Crippen molar-refractivity contribution in [2.45, 2.75) is 25.6 Å². The highest BCUT2D eigenvalue weighted by atomic mass is 32.2. The third-order valence-electron chi connectivity index (χ3n) is 5.51. The van der Waals surface area contributed by atoms with Crippen molar-refractivity contribution in [3.8, 4) is 5.75 Å². The number of likely N-dealkylation sites (N-methyl/N-ethyl adjacent to an activating group) is 1. The summed E-state index contributed by atoms with van der Waals surface area (Å²) >= 11 is 0. The Balaban J connectivity index is 1.62. The van der Waals surface area contributed by atoms with E-state index in [2.05, 4.69) is 26.9 Å². The Morgan fingerprint density at radius 1 is 1.24 bits per heavy atom. The molecule has 0 saturated carbocycles. The Morgan fingerprint density at radius 2 is 1.96 bits per heavy atom. The number of H-pyrrole nitrogens is 1. The van der Waals surface area contributed by atoms with Gasteiger partial charge in [-0.3, -0.25) is 14.9 Å². The van der Waals surface area contributed by atoms with Crippen LogP contribution in [0.4, 0.5) is 0 Å². The Bertz CT molecular complexity index is 879. The molecule has 0 spiro atoms. The van der Waals surface area contributed by atoms with Crippen LogP contribution >= 0.6 is 0 Å². The summed E-state index contributed by atoms with van der Waals surface area (Å²) < 4.78 is 29.7. The lowest BCUT2D eigenvalue weighted by Crippen LogP contribution is -2.58. The Kier molecular flexibility index (Phi) is 4.21. The molecule has 7 nitrogen and oxygen atoms in total. The molecule has 2 unspecified atom stereocenters. The Labute approximate surface area is 147 Å². The lowest BCUT2D eigenvalue weighted by Gasteiger charge is -2.43. The molecule has 1 aromatic heterocycles. The Hall–Kier alpha value is -1.64. The number of nitrogens with zero attached hydrogens (tertiary/aromatic N) is 3. The molecule has 1 aromatic carbocycles.